The number of fused-ring (bicyclic) bond motifs is 18. The van der Waals surface area contributed by atoms with Crippen molar-refractivity contribution >= 4 is 132 Å². The molecule has 12 aromatic heterocycles. The summed E-state index contributed by atoms with van der Waals surface area (Å²) in [7, 11) is 0. The van der Waals surface area contributed by atoms with Crippen LogP contribution in [0.1, 0.15) is 0 Å². The average Bonchev–Trinajstić information content (AvgIpc) is 1.51. The van der Waals surface area contributed by atoms with Crippen LogP contribution in [0.15, 0.2) is 256 Å². The molecule has 390 valence electrons. The summed E-state index contributed by atoms with van der Waals surface area (Å²) in [4.78, 5) is 31.7. The number of hydrogen-bond donors (Lipinski definition) is 0. The van der Waals surface area contributed by atoms with Crippen LogP contribution in [0.2, 0.25) is 0 Å². The first-order valence-electron chi connectivity index (χ1n) is 28.1. The van der Waals surface area contributed by atoms with Crippen LogP contribution in [0.5, 0.6) is 0 Å². The largest absolute Gasteiger partial charge is 0.304 e. The minimum Gasteiger partial charge on any atom is -0.304 e. The zero-order chi connectivity index (χ0) is 54.7. The number of aromatic nitrogens is 12. The number of para-hydroxylation sites is 6. The lowest BCUT2D eigenvalue weighted by Gasteiger charge is -2.32. The number of hydrogen-bond acceptors (Lipinski definition) is 6. The summed E-state index contributed by atoms with van der Waals surface area (Å²) in [6.07, 6.45) is 11.4. The second kappa shape index (κ2) is 16.9. The van der Waals surface area contributed by atoms with Crippen molar-refractivity contribution in [2.75, 3.05) is 0 Å². The van der Waals surface area contributed by atoms with Gasteiger partial charge in [0.15, 0.2) is 0 Å². The zero-order valence-electron chi connectivity index (χ0n) is 44.6. The minimum absolute atomic E-state index is 0.876. The molecule has 0 aliphatic carbocycles. The Hall–Kier alpha value is -11.8. The van der Waals surface area contributed by atoms with Crippen LogP contribution in [-0.4, -0.2) is 57.3 Å². The summed E-state index contributed by atoms with van der Waals surface area (Å²) in [6, 6.07) is 77.9. The van der Waals surface area contributed by atoms with E-state index >= 15 is 0 Å². The molecule has 0 radical (unpaired) electrons. The highest BCUT2D eigenvalue weighted by Crippen LogP contribution is 2.53. The molecule has 19 aromatic rings. The molecule has 12 nitrogen and oxygen atoms in total. The fourth-order valence-corrected chi connectivity index (χ4v) is 14.1. The van der Waals surface area contributed by atoms with Crippen LogP contribution in [-0.2, 0) is 0 Å². The molecule has 12 heterocycles. The van der Waals surface area contributed by atoms with Crippen LogP contribution in [0.25, 0.3) is 166 Å². The molecule has 0 fully saturated rings. The van der Waals surface area contributed by atoms with Gasteiger partial charge >= 0.3 is 0 Å². The molecule has 0 aliphatic heterocycles. The molecule has 12 heteroatoms. The first-order valence-corrected chi connectivity index (χ1v) is 28.1. The Morgan fingerprint density at radius 2 is 0.298 bits per heavy atom. The van der Waals surface area contributed by atoms with E-state index in [1.165, 1.54) is 0 Å². The topological polar surface area (TPSA) is 107 Å². The van der Waals surface area contributed by atoms with E-state index in [2.05, 4.69) is 246 Å². The monoisotopic (exact) mass is 1070 g/mol. The lowest BCUT2D eigenvalue weighted by Crippen LogP contribution is -2.20. The maximum Gasteiger partial charge on any atom is 0.0992 e. The molecular weight excluding hydrogens is 1030 g/mol. The first kappa shape index (κ1) is 45.0. The van der Waals surface area contributed by atoms with Gasteiger partial charge in [0.1, 0.15) is 0 Å². The quantitative estimate of drug-likeness (QED) is 0.164. The van der Waals surface area contributed by atoms with Gasteiger partial charge in [-0.15, -0.1) is 0 Å². The van der Waals surface area contributed by atoms with Crippen molar-refractivity contribution < 1.29 is 0 Å². The Morgan fingerprint density at radius 3 is 0.464 bits per heavy atom. The molecule has 0 N–H and O–H groups in total. The van der Waals surface area contributed by atoms with Crippen LogP contribution in [0.3, 0.4) is 0 Å². The van der Waals surface area contributed by atoms with E-state index in [-0.39, 0.29) is 0 Å². The fraction of sp³-hybridized carbons (Fsp3) is 0. The SMILES string of the molecule is c1ccc2c(c1)c1ncccc1n2-c1c(-n2c3ccccc3c3ncccc32)c(-n2c3ccccc3c3ncccc32)c(-n2c3ccccc3c3ncccc32)c(-n2c3ccccc3c3ncccc32)c1-n1c2ccccc2c2ncccc21. The lowest BCUT2D eigenvalue weighted by atomic mass is 10.0. The first-order chi connectivity index (χ1) is 41.8. The number of benzene rings is 7. The molecule has 0 aliphatic rings. The number of rotatable bonds is 6. The predicted octanol–water partition coefficient (Wildman–Crippen LogP) is 16.6. The van der Waals surface area contributed by atoms with Crippen molar-refractivity contribution in [3.8, 4) is 34.1 Å². The van der Waals surface area contributed by atoms with Gasteiger partial charge in [0, 0.05) is 69.5 Å². The van der Waals surface area contributed by atoms with E-state index in [9.17, 15) is 0 Å². The van der Waals surface area contributed by atoms with E-state index in [0.717, 1.165) is 166 Å². The van der Waals surface area contributed by atoms with Gasteiger partial charge in [-0.05, 0) is 109 Å². The van der Waals surface area contributed by atoms with Crippen molar-refractivity contribution in [3.05, 3.63) is 256 Å². The number of pyridine rings is 6. The smallest absolute Gasteiger partial charge is 0.0992 e. The van der Waals surface area contributed by atoms with Gasteiger partial charge in [-0.25, -0.2) is 0 Å². The molecule has 0 saturated heterocycles. The maximum atomic E-state index is 5.28. The van der Waals surface area contributed by atoms with Gasteiger partial charge in [-0.1, -0.05) is 109 Å². The highest BCUT2D eigenvalue weighted by atomic mass is 15.2. The van der Waals surface area contributed by atoms with Gasteiger partial charge < -0.3 is 27.4 Å². The normalized spacial score (nSPS) is 12.3. The molecule has 0 bridgehead atoms. The molecule has 19 rings (SSSR count). The second-order valence-corrected chi connectivity index (χ2v) is 21.4. The average molecular weight is 1080 g/mol. The van der Waals surface area contributed by atoms with E-state index < -0.39 is 0 Å². The van der Waals surface area contributed by atoms with Gasteiger partial charge in [-0.2, -0.15) is 0 Å². The van der Waals surface area contributed by atoms with Crippen molar-refractivity contribution in [2.45, 2.75) is 0 Å². The number of nitrogens with zero attached hydrogens (tertiary/aromatic N) is 12. The van der Waals surface area contributed by atoms with E-state index in [1.807, 2.05) is 37.2 Å². The second-order valence-electron chi connectivity index (χ2n) is 21.4. The summed E-state index contributed by atoms with van der Waals surface area (Å²) in [5.41, 5.74) is 22.0. The van der Waals surface area contributed by atoms with E-state index in [4.69, 9.17) is 29.9 Å². The maximum absolute atomic E-state index is 5.28. The van der Waals surface area contributed by atoms with Crippen molar-refractivity contribution in [1.29, 1.82) is 0 Å². The Morgan fingerprint density at radius 1 is 0.155 bits per heavy atom. The third kappa shape index (κ3) is 5.83. The molecule has 0 spiro atoms. The molecule has 0 amide bonds. The third-order valence-electron chi connectivity index (χ3n) is 17.3. The van der Waals surface area contributed by atoms with Gasteiger partial charge in [0.25, 0.3) is 0 Å². The summed E-state index contributed by atoms with van der Waals surface area (Å²) >= 11 is 0. The molecule has 7 aromatic carbocycles. The van der Waals surface area contributed by atoms with Crippen LogP contribution in [0, 0.1) is 0 Å². The highest BCUT2D eigenvalue weighted by Gasteiger charge is 2.38. The Kier molecular flexibility index (Phi) is 9.05. The predicted molar refractivity (Wildman–Crippen MR) is 339 cm³/mol. The van der Waals surface area contributed by atoms with Crippen LogP contribution < -0.4 is 0 Å². The Labute approximate surface area is 476 Å². The summed E-state index contributed by atoms with van der Waals surface area (Å²) < 4.78 is 14.9. The fourth-order valence-electron chi connectivity index (χ4n) is 14.1. The molecular formula is C72H42N12. The summed E-state index contributed by atoms with van der Waals surface area (Å²) in [5.74, 6) is 0. The summed E-state index contributed by atoms with van der Waals surface area (Å²) in [5, 5.41) is 6.09. The van der Waals surface area contributed by atoms with Crippen molar-refractivity contribution in [3.63, 3.8) is 0 Å². The molecule has 0 atom stereocenters. The molecule has 0 unspecified atom stereocenters. The molecule has 0 saturated carbocycles. The molecule has 84 heavy (non-hydrogen) atoms. The van der Waals surface area contributed by atoms with Crippen molar-refractivity contribution in [1.82, 2.24) is 57.3 Å². The van der Waals surface area contributed by atoms with Gasteiger partial charge in [0.05, 0.1) is 133 Å². The zero-order valence-corrected chi connectivity index (χ0v) is 44.6. The van der Waals surface area contributed by atoms with E-state index in [1.54, 1.807) is 0 Å². The van der Waals surface area contributed by atoms with Gasteiger partial charge in [-0.3, -0.25) is 29.9 Å². The standard InChI is InChI=1S/C72H42N12/c1-7-25-49-43(19-1)61-55(31-13-37-73-61)79(49)67-68(80-50-26-8-2-20-44(50)62-56(80)32-14-38-74-62)70(82-52-28-10-4-22-46(52)64-58(82)34-16-40-76-64)72(84-54-30-12-6-24-48(54)66-60(84)36-18-42-78-66)71(83-53-29-11-5-23-47(53)65-59(83)35-17-41-77-65)69(67)81-51-27-9-3-21-45(51)63-57(81)33-15-39-75-63/h1-42H. The van der Waals surface area contributed by atoms with E-state index in [0.29, 0.717) is 0 Å². The Balaban J connectivity index is 1.25. The van der Waals surface area contributed by atoms with Crippen LogP contribution in [0.4, 0.5) is 0 Å². The summed E-state index contributed by atoms with van der Waals surface area (Å²) in [6.45, 7) is 0. The minimum atomic E-state index is 0.876. The van der Waals surface area contributed by atoms with Crippen molar-refractivity contribution in [2.24, 2.45) is 0 Å². The lowest BCUT2D eigenvalue weighted by molar-refractivity contribution is 0.969. The third-order valence-corrected chi connectivity index (χ3v) is 17.3. The van der Waals surface area contributed by atoms with Gasteiger partial charge in [0.2, 0.25) is 0 Å². The Bertz CT molecular complexity index is 4730. The highest BCUT2D eigenvalue weighted by molar-refractivity contribution is 6.18. The van der Waals surface area contributed by atoms with Crippen LogP contribution >= 0.6 is 0 Å².